The number of thiazole rings is 1. The van der Waals surface area contributed by atoms with Crippen LogP contribution in [0.3, 0.4) is 0 Å². The van der Waals surface area contributed by atoms with Gasteiger partial charge in [0.1, 0.15) is 0 Å². The van der Waals surface area contributed by atoms with Crippen LogP contribution in [0.15, 0.2) is 18.6 Å². The number of anilines is 2. The number of morpholine rings is 1. The second-order valence-electron chi connectivity index (χ2n) is 7.61. The molecule has 6 rings (SSSR count). The van der Waals surface area contributed by atoms with Crippen LogP contribution in [0.4, 0.5) is 11.1 Å². The highest BCUT2D eigenvalue weighted by atomic mass is 32.2. The van der Waals surface area contributed by atoms with Crippen molar-refractivity contribution in [1.29, 1.82) is 0 Å². The van der Waals surface area contributed by atoms with Crippen molar-refractivity contribution in [3.63, 3.8) is 0 Å². The molecule has 0 amide bonds. The van der Waals surface area contributed by atoms with Crippen LogP contribution in [-0.4, -0.2) is 67.1 Å². The summed E-state index contributed by atoms with van der Waals surface area (Å²) in [4.78, 5) is 14.8. The summed E-state index contributed by atoms with van der Waals surface area (Å²) in [5.41, 5.74) is -0.237. The molecule has 1 aliphatic heterocycles. The van der Waals surface area contributed by atoms with E-state index in [0.717, 1.165) is 24.4 Å². The maximum absolute atomic E-state index is 12.7. The fourth-order valence-corrected chi connectivity index (χ4v) is 6.98. The Hall–Kier alpha value is -2.02. The lowest BCUT2D eigenvalue weighted by Gasteiger charge is -2.67. The third-order valence-corrected chi connectivity index (χ3v) is 8.72. The van der Waals surface area contributed by atoms with Crippen LogP contribution >= 0.6 is 11.3 Å². The van der Waals surface area contributed by atoms with Gasteiger partial charge in [0.2, 0.25) is 21.0 Å². The van der Waals surface area contributed by atoms with Gasteiger partial charge in [-0.1, -0.05) is 11.3 Å². The van der Waals surface area contributed by atoms with E-state index >= 15 is 0 Å². The van der Waals surface area contributed by atoms with Gasteiger partial charge >= 0.3 is 0 Å². The molecule has 2 bridgehead atoms. The van der Waals surface area contributed by atoms with E-state index in [1.807, 2.05) is 4.90 Å². The van der Waals surface area contributed by atoms with E-state index in [2.05, 4.69) is 19.7 Å². The van der Waals surface area contributed by atoms with Crippen LogP contribution in [0.5, 0.6) is 10.8 Å². The van der Waals surface area contributed by atoms with Gasteiger partial charge in [0.25, 0.3) is 0 Å². The zero-order valence-corrected chi connectivity index (χ0v) is 17.5. The highest BCUT2D eigenvalue weighted by molar-refractivity contribution is 7.94. The predicted molar refractivity (Wildman–Crippen MR) is 106 cm³/mol. The number of nitrogens with one attached hydrogen (secondary N) is 1. The van der Waals surface area contributed by atoms with Gasteiger partial charge in [0.15, 0.2) is 10.9 Å². The molecular weight excluding hydrogens is 418 g/mol. The Labute approximate surface area is 172 Å². The highest BCUT2D eigenvalue weighted by Gasteiger charge is 2.75. The fourth-order valence-electron chi connectivity index (χ4n) is 4.09. The highest BCUT2D eigenvalue weighted by Crippen LogP contribution is 2.66. The normalized spacial score (nSPS) is 28.4. The van der Waals surface area contributed by atoms with Crippen LogP contribution < -0.4 is 14.4 Å². The molecule has 1 N–H and O–H groups in total. The molecule has 3 aliphatic carbocycles. The minimum absolute atomic E-state index is 0.237. The lowest BCUT2D eigenvalue weighted by Crippen LogP contribution is -2.76. The number of hydrogen-bond donors (Lipinski definition) is 1. The van der Waals surface area contributed by atoms with Crippen LogP contribution in [0, 0.1) is 0 Å². The second-order valence-corrected chi connectivity index (χ2v) is 10.7. The van der Waals surface area contributed by atoms with Gasteiger partial charge in [-0.2, -0.15) is 0 Å². The lowest BCUT2D eigenvalue weighted by molar-refractivity contribution is -0.193. The first-order chi connectivity index (χ1) is 13.9. The molecule has 2 aromatic rings. The summed E-state index contributed by atoms with van der Waals surface area (Å²) in [6.07, 6.45) is 6.27. The van der Waals surface area contributed by atoms with Crippen molar-refractivity contribution in [3.8, 4) is 10.8 Å². The van der Waals surface area contributed by atoms with Crippen molar-refractivity contribution in [2.75, 3.05) is 43.0 Å². The van der Waals surface area contributed by atoms with Crippen molar-refractivity contribution in [3.05, 3.63) is 18.6 Å². The first-order valence-corrected chi connectivity index (χ1v) is 11.6. The summed E-state index contributed by atoms with van der Waals surface area (Å²) in [6, 6.07) is 0. The SMILES string of the molecule is COC12CC(S(=O)(=O)Nc3ncc(Oc4cnc(N5CCOCC5)nc4)s3)(C1)C2. The molecule has 29 heavy (non-hydrogen) atoms. The summed E-state index contributed by atoms with van der Waals surface area (Å²) < 4.78 is 43.7. The minimum Gasteiger partial charge on any atom is -0.442 e. The topological polar surface area (TPSA) is 116 Å². The molecular formula is C17H21N5O5S2. The summed E-state index contributed by atoms with van der Waals surface area (Å²) >= 11 is 1.12. The van der Waals surface area contributed by atoms with Crippen LogP contribution in [0.1, 0.15) is 19.3 Å². The second kappa shape index (κ2) is 6.76. The molecule has 0 unspecified atom stereocenters. The van der Waals surface area contributed by atoms with E-state index in [4.69, 9.17) is 14.2 Å². The molecule has 10 nitrogen and oxygen atoms in total. The molecule has 0 radical (unpaired) electrons. The van der Waals surface area contributed by atoms with Gasteiger partial charge < -0.3 is 19.1 Å². The van der Waals surface area contributed by atoms with Gasteiger partial charge in [-0.3, -0.25) is 4.72 Å². The molecule has 3 heterocycles. The maximum Gasteiger partial charge on any atom is 0.240 e. The van der Waals surface area contributed by atoms with Gasteiger partial charge in [0.05, 0.1) is 42.2 Å². The molecule has 0 atom stereocenters. The Balaban J connectivity index is 1.21. The number of aromatic nitrogens is 3. The van der Waals surface area contributed by atoms with E-state index in [1.165, 1.54) is 6.20 Å². The van der Waals surface area contributed by atoms with Crippen LogP contribution in [-0.2, 0) is 19.5 Å². The molecule has 12 heteroatoms. The van der Waals surface area contributed by atoms with E-state index in [1.54, 1.807) is 19.5 Å². The van der Waals surface area contributed by atoms with Crippen molar-refractivity contribution >= 4 is 32.4 Å². The smallest absolute Gasteiger partial charge is 0.240 e. The molecule has 1 saturated heterocycles. The van der Waals surface area contributed by atoms with Gasteiger partial charge in [0, 0.05) is 20.2 Å². The van der Waals surface area contributed by atoms with Crippen LogP contribution in [0.2, 0.25) is 0 Å². The quantitative estimate of drug-likeness (QED) is 0.687. The number of ether oxygens (including phenoxy) is 3. The molecule has 3 saturated carbocycles. The summed E-state index contributed by atoms with van der Waals surface area (Å²) in [5.74, 6) is 1.09. The van der Waals surface area contributed by atoms with Gasteiger partial charge in [-0.05, 0) is 19.3 Å². The monoisotopic (exact) mass is 439 g/mol. The van der Waals surface area contributed by atoms with E-state index in [9.17, 15) is 8.42 Å². The standard InChI is InChI=1S/C17H21N5O5S2/c1-25-16-9-17(10-16,11-16)29(23,24)21-15-20-8-13(28-15)27-12-6-18-14(19-7-12)22-2-4-26-5-3-22/h6-8H,2-5,9-11H2,1H3,(H,20,21). The summed E-state index contributed by atoms with van der Waals surface area (Å²) in [6.45, 7) is 2.83. The van der Waals surface area contributed by atoms with E-state index in [0.29, 0.717) is 49.2 Å². The number of hydrogen-bond acceptors (Lipinski definition) is 10. The Morgan fingerprint density at radius 1 is 1.14 bits per heavy atom. The van der Waals surface area contributed by atoms with Gasteiger partial charge in [-0.25, -0.2) is 23.4 Å². The van der Waals surface area contributed by atoms with Crippen molar-refractivity contribution < 1.29 is 22.6 Å². The molecule has 2 aromatic heterocycles. The minimum atomic E-state index is -3.51. The zero-order valence-electron chi connectivity index (χ0n) is 15.8. The first kappa shape index (κ1) is 19.0. The van der Waals surface area contributed by atoms with Crippen LogP contribution in [0.25, 0.3) is 0 Å². The number of sulfonamides is 1. The number of methoxy groups -OCH3 is 1. The summed E-state index contributed by atoms with van der Waals surface area (Å²) in [7, 11) is -1.88. The molecule has 4 aliphatic rings. The molecule has 156 valence electrons. The fraction of sp³-hybridized carbons (Fsp3) is 0.588. The van der Waals surface area contributed by atoms with Crippen molar-refractivity contribution in [2.45, 2.75) is 29.6 Å². The largest absolute Gasteiger partial charge is 0.442 e. The Kier molecular flexibility index (Phi) is 4.42. The summed E-state index contributed by atoms with van der Waals surface area (Å²) in [5, 5.41) is 0.735. The Bertz CT molecular complexity index is 984. The molecule has 0 spiro atoms. The first-order valence-electron chi connectivity index (χ1n) is 9.29. The van der Waals surface area contributed by atoms with E-state index in [-0.39, 0.29) is 10.7 Å². The average Bonchev–Trinajstić information content (AvgIpc) is 3.07. The van der Waals surface area contributed by atoms with Crippen molar-refractivity contribution in [2.24, 2.45) is 0 Å². The lowest BCUT2D eigenvalue weighted by atomic mass is 9.51. The Morgan fingerprint density at radius 2 is 1.83 bits per heavy atom. The number of nitrogens with zero attached hydrogens (tertiary/aromatic N) is 4. The van der Waals surface area contributed by atoms with E-state index < -0.39 is 14.8 Å². The third kappa shape index (κ3) is 3.23. The van der Waals surface area contributed by atoms with Crippen molar-refractivity contribution in [1.82, 2.24) is 15.0 Å². The maximum atomic E-state index is 12.7. The average molecular weight is 440 g/mol. The zero-order chi connectivity index (χ0) is 20.1. The molecule has 4 fully saturated rings. The van der Waals surface area contributed by atoms with Gasteiger partial charge in [-0.15, -0.1) is 0 Å². The third-order valence-electron chi connectivity index (χ3n) is 5.77. The molecule has 0 aromatic carbocycles. The number of rotatable bonds is 7. The Morgan fingerprint density at radius 3 is 2.48 bits per heavy atom. The predicted octanol–water partition coefficient (Wildman–Crippen LogP) is 1.63.